The second kappa shape index (κ2) is 6.95. The van der Waals surface area contributed by atoms with Crippen LogP contribution >= 0.6 is 0 Å². The van der Waals surface area contributed by atoms with Gasteiger partial charge in [-0.25, -0.2) is 18.4 Å². The van der Waals surface area contributed by atoms with E-state index in [1.54, 1.807) is 11.1 Å². The molecule has 0 N–H and O–H groups in total. The Morgan fingerprint density at radius 1 is 1.25 bits per heavy atom. The van der Waals surface area contributed by atoms with Crippen molar-refractivity contribution in [3.63, 3.8) is 0 Å². The Bertz CT molecular complexity index is 874. The quantitative estimate of drug-likeness (QED) is 0.720. The summed E-state index contributed by atoms with van der Waals surface area (Å²) in [4.78, 5) is 25.7. The summed E-state index contributed by atoms with van der Waals surface area (Å²) in [6.07, 6.45) is 2.06. The van der Waals surface area contributed by atoms with E-state index in [1.807, 2.05) is 20.8 Å². The fourth-order valence-electron chi connectivity index (χ4n) is 4.25. The van der Waals surface area contributed by atoms with E-state index in [4.69, 9.17) is 9.72 Å². The maximum absolute atomic E-state index is 12.8. The molecule has 0 spiro atoms. The third kappa shape index (κ3) is 3.74. The van der Waals surface area contributed by atoms with Crippen LogP contribution in [0, 0.1) is 5.41 Å². The van der Waals surface area contributed by atoms with Crippen molar-refractivity contribution in [2.24, 2.45) is 5.41 Å². The number of carbonyl (C=O) groups excluding carboxylic acids is 1. The van der Waals surface area contributed by atoms with Crippen molar-refractivity contribution in [3.8, 4) is 0 Å². The van der Waals surface area contributed by atoms with Crippen LogP contribution in [0.2, 0.25) is 0 Å². The second-order valence-corrected chi connectivity index (χ2v) is 11.4. The van der Waals surface area contributed by atoms with E-state index in [-0.39, 0.29) is 29.5 Å². The van der Waals surface area contributed by atoms with Gasteiger partial charge in [-0.05, 0) is 5.41 Å². The number of nitrogens with zero attached hydrogens (tertiary/aromatic N) is 4. The number of hydrogen-bond acceptors (Lipinski definition) is 7. The molecular formula is C19H28N4O4S. The molecule has 0 radical (unpaired) electrons. The van der Waals surface area contributed by atoms with Crippen molar-refractivity contribution in [3.05, 3.63) is 17.5 Å². The molecular weight excluding hydrogens is 380 g/mol. The van der Waals surface area contributed by atoms with Crippen molar-refractivity contribution in [1.82, 2.24) is 14.9 Å². The zero-order chi connectivity index (χ0) is 20.1. The van der Waals surface area contributed by atoms with Crippen molar-refractivity contribution in [2.45, 2.75) is 44.1 Å². The number of amides is 1. The zero-order valence-electron chi connectivity index (χ0n) is 16.7. The van der Waals surface area contributed by atoms with E-state index in [2.05, 4.69) is 9.88 Å². The molecule has 0 bridgehead atoms. The molecule has 0 aromatic carbocycles. The van der Waals surface area contributed by atoms with Gasteiger partial charge in [0.15, 0.2) is 9.84 Å². The summed E-state index contributed by atoms with van der Waals surface area (Å²) >= 11 is 0. The average molecular weight is 409 g/mol. The fourth-order valence-corrected chi connectivity index (χ4v) is 6.24. The number of carbonyl (C=O) groups is 1. The first kappa shape index (κ1) is 19.6. The molecule has 0 unspecified atom stereocenters. The van der Waals surface area contributed by atoms with Gasteiger partial charge in [-0.15, -0.1) is 0 Å². The number of hydrogen-bond donors (Lipinski definition) is 0. The van der Waals surface area contributed by atoms with Crippen LogP contribution in [0.4, 0.5) is 5.95 Å². The maximum atomic E-state index is 12.8. The minimum atomic E-state index is -3.33. The molecule has 1 aromatic rings. The third-order valence-corrected chi connectivity index (χ3v) is 7.76. The Labute approximate surface area is 166 Å². The highest BCUT2D eigenvalue weighted by Crippen LogP contribution is 2.40. The third-order valence-electron chi connectivity index (χ3n) is 5.65. The number of fused-ring (bicyclic) bond motifs is 3. The summed E-state index contributed by atoms with van der Waals surface area (Å²) in [5.74, 6) is 0.315. The molecule has 2 saturated heterocycles. The maximum Gasteiger partial charge on any atom is 0.225 e. The molecule has 154 valence electrons. The van der Waals surface area contributed by atoms with Crippen LogP contribution in [-0.2, 0) is 25.1 Å². The van der Waals surface area contributed by atoms with Crippen molar-refractivity contribution >= 4 is 21.7 Å². The molecule has 0 saturated carbocycles. The Kier molecular flexibility index (Phi) is 4.86. The van der Waals surface area contributed by atoms with Crippen molar-refractivity contribution in [2.75, 3.05) is 44.3 Å². The molecule has 2 atom stereocenters. The first-order valence-electron chi connectivity index (χ1n) is 9.82. The van der Waals surface area contributed by atoms with Crippen LogP contribution in [0.15, 0.2) is 6.20 Å². The van der Waals surface area contributed by atoms with Gasteiger partial charge in [0.25, 0.3) is 0 Å². The number of morpholine rings is 1. The van der Waals surface area contributed by atoms with E-state index < -0.39 is 15.1 Å². The van der Waals surface area contributed by atoms with Crippen LogP contribution in [-0.4, -0.2) is 73.8 Å². The number of aromatic nitrogens is 2. The van der Waals surface area contributed by atoms with E-state index in [1.165, 1.54) is 0 Å². The second-order valence-electron chi connectivity index (χ2n) is 9.17. The van der Waals surface area contributed by atoms with Gasteiger partial charge in [0.05, 0.1) is 29.9 Å². The van der Waals surface area contributed by atoms with Gasteiger partial charge in [0.1, 0.15) is 0 Å². The standard InChI is InChI=1S/C19H28N4O4S/c1-19(2,3)8-16(24)23-10-14-15(11-23)28(25,26)12-13-9-20-18(21-17(13)14)22-4-6-27-7-5-22/h9,14-15H,4-8,10-12H2,1-3H3/t14-,15-/m0/s1. The first-order valence-corrected chi connectivity index (χ1v) is 11.5. The minimum Gasteiger partial charge on any atom is -0.378 e. The molecule has 3 aliphatic heterocycles. The summed E-state index contributed by atoms with van der Waals surface area (Å²) in [7, 11) is -3.33. The average Bonchev–Trinajstić information content (AvgIpc) is 3.08. The van der Waals surface area contributed by atoms with E-state index in [0.29, 0.717) is 37.7 Å². The topological polar surface area (TPSA) is 92.7 Å². The molecule has 8 nitrogen and oxygen atoms in total. The smallest absolute Gasteiger partial charge is 0.225 e. The Morgan fingerprint density at radius 2 is 1.96 bits per heavy atom. The molecule has 9 heteroatoms. The van der Waals surface area contributed by atoms with E-state index in [9.17, 15) is 13.2 Å². The highest BCUT2D eigenvalue weighted by atomic mass is 32.2. The Balaban J connectivity index is 1.63. The van der Waals surface area contributed by atoms with Crippen LogP contribution in [0.5, 0.6) is 0 Å². The molecule has 28 heavy (non-hydrogen) atoms. The van der Waals surface area contributed by atoms with E-state index >= 15 is 0 Å². The van der Waals surface area contributed by atoms with Gasteiger partial charge < -0.3 is 14.5 Å². The lowest BCUT2D eigenvalue weighted by Crippen LogP contribution is -2.39. The molecule has 2 fully saturated rings. The Hall–Kier alpha value is -1.74. The predicted molar refractivity (Wildman–Crippen MR) is 105 cm³/mol. The first-order chi connectivity index (χ1) is 13.1. The van der Waals surface area contributed by atoms with Crippen molar-refractivity contribution < 1.29 is 17.9 Å². The fraction of sp³-hybridized carbons (Fsp3) is 0.737. The summed E-state index contributed by atoms with van der Waals surface area (Å²) in [5, 5.41) is -0.573. The highest BCUT2D eigenvalue weighted by molar-refractivity contribution is 7.91. The van der Waals surface area contributed by atoms with Gasteiger partial charge >= 0.3 is 0 Å². The molecule has 4 heterocycles. The molecule has 1 aromatic heterocycles. The van der Waals surface area contributed by atoms with Gasteiger partial charge in [-0.3, -0.25) is 4.79 Å². The molecule has 4 rings (SSSR count). The van der Waals surface area contributed by atoms with Gasteiger partial charge in [-0.2, -0.15) is 0 Å². The predicted octanol–water partition coefficient (Wildman–Crippen LogP) is 0.972. The largest absolute Gasteiger partial charge is 0.378 e. The summed E-state index contributed by atoms with van der Waals surface area (Å²) in [6, 6.07) is 0. The zero-order valence-corrected chi connectivity index (χ0v) is 17.5. The lowest BCUT2D eigenvalue weighted by Gasteiger charge is -2.30. The SMILES string of the molecule is CC(C)(C)CC(=O)N1C[C@@H]2c3nc(N4CCOCC4)ncc3CS(=O)(=O)[C@H]2C1. The highest BCUT2D eigenvalue weighted by Gasteiger charge is 2.48. The lowest BCUT2D eigenvalue weighted by molar-refractivity contribution is -0.132. The molecule has 3 aliphatic rings. The van der Waals surface area contributed by atoms with Crippen LogP contribution < -0.4 is 4.90 Å². The van der Waals surface area contributed by atoms with Crippen LogP contribution in [0.3, 0.4) is 0 Å². The minimum absolute atomic E-state index is 0.0149. The van der Waals surface area contributed by atoms with Gasteiger partial charge in [-0.1, -0.05) is 20.8 Å². The number of likely N-dealkylation sites (tertiary alicyclic amines) is 1. The summed E-state index contributed by atoms with van der Waals surface area (Å²) in [5.41, 5.74) is 1.33. The monoisotopic (exact) mass is 408 g/mol. The lowest BCUT2D eigenvalue weighted by atomic mass is 9.91. The number of sulfone groups is 1. The number of rotatable bonds is 2. The van der Waals surface area contributed by atoms with Gasteiger partial charge in [0, 0.05) is 50.3 Å². The number of anilines is 1. The number of ether oxygens (including phenoxy) is 1. The van der Waals surface area contributed by atoms with Gasteiger partial charge in [0.2, 0.25) is 11.9 Å². The summed E-state index contributed by atoms with van der Waals surface area (Å²) < 4.78 is 31.1. The van der Waals surface area contributed by atoms with Crippen LogP contribution in [0.1, 0.15) is 44.4 Å². The molecule has 0 aliphatic carbocycles. The molecule has 1 amide bonds. The Morgan fingerprint density at radius 3 is 2.64 bits per heavy atom. The summed E-state index contributed by atoms with van der Waals surface area (Å²) in [6.45, 7) is 9.43. The van der Waals surface area contributed by atoms with Crippen LogP contribution in [0.25, 0.3) is 0 Å². The normalized spacial score (nSPS) is 26.7. The van der Waals surface area contributed by atoms with Crippen molar-refractivity contribution in [1.29, 1.82) is 0 Å². The van der Waals surface area contributed by atoms with E-state index in [0.717, 1.165) is 18.8 Å².